The van der Waals surface area contributed by atoms with Crippen molar-refractivity contribution in [3.8, 4) is 5.75 Å². The van der Waals surface area contributed by atoms with Crippen LogP contribution < -0.4 is 10.1 Å². The lowest BCUT2D eigenvalue weighted by molar-refractivity contribution is -0.384. The number of nitrogens with zero attached hydrogens (tertiary/aromatic N) is 1. The number of methoxy groups -OCH3 is 1. The minimum absolute atomic E-state index is 0.0208. The molecule has 6 nitrogen and oxygen atoms in total. The molecular formula is C22H22N2O4. The Morgan fingerprint density at radius 1 is 1.00 bits per heavy atom. The van der Waals surface area contributed by atoms with Gasteiger partial charge in [0.15, 0.2) is 0 Å². The van der Waals surface area contributed by atoms with Crippen molar-refractivity contribution in [1.82, 2.24) is 0 Å². The molecule has 28 heavy (non-hydrogen) atoms. The molecule has 3 aromatic carbocycles. The number of nitro groups is 1. The Balaban J connectivity index is 1.83. The van der Waals surface area contributed by atoms with Crippen LogP contribution in [0, 0.1) is 10.1 Å². The highest BCUT2D eigenvalue weighted by molar-refractivity contribution is 5.52. The van der Waals surface area contributed by atoms with Crippen LogP contribution in [-0.4, -0.2) is 17.1 Å². The number of rotatable bonds is 8. The summed E-state index contributed by atoms with van der Waals surface area (Å²) in [4.78, 5) is 10.6. The molecule has 0 aliphatic rings. The van der Waals surface area contributed by atoms with Crippen molar-refractivity contribution in [1.29, 1.82) is 0 Å². The van der Waals surface area contributed by atoms with Gasteiger partial charge in [-0.15, -0.1) is 0 Å². The van der Waals surface area contributed by atoms with Gasteiger partial charge in [-0.05, 0) is 29.3 Å². The van der Waals surface area contributed by atoms with Gasteiger partial charge in [0.25, 0.3) is 5.69 Å². The quantitative estimate of drug-likeness (QED) is 0.431. The van der Waals surface area contributed by atoms with E-state index in [9.17, 15) is 15.2 Å². The van der Waals surface area contributed by atoms with E-state index in [1.54, 1.807) is 19.2 Å². The maximum absolute atomic E-state index is 11.1. The number of hydrogen-bond acceptors (Lipinski definition) is 5. The van der Waals surface area contributed by atoms with Crippen LogP contribution in [0.5, 0.6) is 5.75 Å². The van der Waals surface area contributed by atoms with Crippen molar-refractivity contribution in [3.05, 3.63) is 100 Å². The fourth-order valence-corrected chi connectivity index (χ4v) is 3.06. The molecule has 6 heteroatoms. The minimum atomic E-state index is -0.706. The number of nitro benzene ring substituents is 1. The Kier molecular flexibility index (Phi) is 6.24. The van der Waals surface area contributed by atoms with Crippen LogP contribution >= 0.6 is 0 Å². The number of hydrogen-bond donors (Lipinski definition) is 2. The molecule has 3 aromatic rings. The van der Waals surface area contributed by atoms with Gasteiger partial charge in [-0.3, -0.25) is 10.1 Å². The SMILES string of the molecule is COc1ccc(C(O)CC(Nc2cccc([N+](=O)[O-])c2)c2ccccc2)cc1. The van der Waals surface area contributed by atoms with E-state index in [1.807, 2.05) is 54.6 Å². The lowest BCUT2D eigenvalue weighted by Gasteiger charge is -2.23. The first-order valence-electron chi connectivity index (χ1n) is 8.95. The second-order valence-electron chi connectivity index (χ2n) is 6.44. The second kappa shape index (κ2) is 9.01. The van der Waals surface area contributed by atoms with E-state index < -0.39 is 11.0 Å². The van der Waals surface area contributed by atoms with Crippen LogP contribution in [0.25, 0.3) is 0 Å². The van der Waals surface area contributed by atoms with Gasteiger partial charge in [-0.25, -0.2) is 0 Å². The molecule has 0 aliphatic heterocycles. The van der Waals surface area contributed by atoms with Crippen LogP contribution in [0.15, 0.2) is 78.9 Å². The molecule has 0 radical (unpaired) electrons. The number of ether oxygens (including phenoxy) is 1. The van der Waals surface area contributed by atoms with Gasteiger partial charge in [0, 0.05) is 24.2 Å². The van der Waals surface area contributed by atoms with Gasteiger partial charge in [0.05, 0.1) is 24.2 Å². The average molecular weight is 378 g/mol. The summed E-state index contributed by atoms with van der Waals surface area (Å²) >= 11 is 0. The molecule has 0 spiro atoms. The first-order valence-corrected chi connectivity index (χ1v) is 8.95. The molecule has 0 saturated carbocycles. The molecule has 144 valence electrons. The fourth-order valence-electron chi connectivity index (χ4n) is 3.06. The number of aliphatic hydroxyl groups is 1. The summed E-state index contributed by atoms with van der Waals surface area (Å²) in [6.07, 6.45) is -0.304. The summed E-state index contributed by atoms with van der Waals surface area (Å²) in [5.41, 5.74) is 2.42. The number of nitrogens with one attached hydrogen (secondary N) is 1. The van der Waals surface area contributed by atoms with Gasteiger partial charge < -0.3 is 15.2 Å². The Morgan fingerprint density at radius 2 is 1.71 bits per heavy atom. The van der Waals surface area contributed by atoms with Crippen molar-refractivity contribution in [2.24, 2.45) is 0 Å². The van der Waals surface area contributed by atoms with E-state index in [1.165, 1.54) is 12.1 Å². The summed E-state index contributed by atoms with van der Waals surface area (Å²) in [5, 5.41) is 25.1. The molecule has 0 aromatic heterocycles. The van der Waals surface area contributed by atoms with E-state index in [-0.39, 0.29) is 11.7 Å². The molecular weight excluding hydrogens is 356 g/mol. The molecule has 0 bridgehead atoms. The zero-order valence-electron chi connectivity index (χ0n) is 15.5. The topological polar surface area (TPSA) is 84.6 Å². The lowest BCUT2D eigenvalue weighted by Crippen LogP contribution is -2.15. The third-order valence-corrected chi connectivity index (χ3v) is 4.56. The number of benzene rings is 3. The van der Waals surface area contributed by atoms with Gasteiger partial charge >= 0.3 is 0 Å². The third kappa shape index (κ3) is 4.86. The second-order valence-corrected chi connectivity index (χ2v) is 6.44. The average Bonchev–Trinajstić information content (AvgIpc) is 2.74. The van der Waals surface area contributed by atoms with Crippen LogP contribution in [0.4, 0.5) is 11.4 Å². The fraction of sp³-hybridized carbons (Fsp3) is 0.182. The number of anilines is 1. The van der Waals surface area contributed by atoms with Crippen LogP contribution in [0.3, 0.4) is 0 Å². The lowest BCUT2D eigenvalue weighted by atomic mass is 9.96. The summed E-state index contributed by atoms with van der Waals surface area (Å²) < 4.78 is 5.16. The van der Waals surface area contributed by atoms with E-state index in [4.69, 9.17) is 4.74 Å². The molecule has 2 atom stereocenters. The molecule has 2 unspecified atom stereocenters. The maximum atomic E-state index is 11.1. The normalized spacial score (nSPS) is 12.8. The van der Waals surface area contributed by atoms with Crippen LogP contribution in [-0.2, 0) is 0 Å². The van der Waals surface area contributed by atoms with E-state index in [0.717, 1.165) is 16.9 Å². The zero-order chi connectivity index (χ0) is 19.9. The monoisotopic (exact) mass is 378 g/mol. The van der Waals surface area contributed by atoms with Crippen molar-refractivity contribution in [2.75, 3.05) is 12.4 Å². The number of aliphatic hydroxyl groups excluding tert-OH is 1. The predicted octanol–water partition coefficient (Wildman–Crippen LogP) is 4.88. The third-order valence-electron chi connectivity index (χ3n) is 4.56. The Labute approximate surface area is 163 Å². The summed E-state index contributed by atoms with van der Waals surface area (Å²) in [6, 6.07) is 23.1. The highest BCUT2D eigenvalue weighted by Gasteiger charge is 2.19. The summed E-state index contributed by atoms with van der Waals surface area (Å²) in [7, 11) is 1.60. The van der Waals surface area contributed by atoms with E-state index in [0.29, 0.717) is 12.1 Å². The maximum Gasteiger partial charge on any atom is 0.271 e. The molecule has 0 saturated heterocycles. The van der Waals surface area contributed by atoms with Crippen molar-refractivity contribution in [2.45, 2.75) is 18.6 Å². The molecule has 0 amide bonds. The van der Waals surface area contributed by atoms with Crippen LogP contribution in [0.1, 0.15) is 29.7 Å². The molecule has 0 heterocycles. The van der Waals surface area contributed by atoms with Gasteiger partial charge in [0.1, 0.15) is 5.75 Å². The highest BCUT2D eigenvalue weighted by atomic mass is 16.6. The zero-order valence-corrected chi connectivity index (χ0v) is 15.5. The van der Waals surface area contributed by atoms with Gasteiger partial charge in [0.2, 0.25) is 0 Å². The first-order chi connectivity index (χ1) is 13.6. The number of non-ortho nitro benzene ring substituents is 1. The minimum Gasteiger partial charge on any atom is -0.497 e. The van der Waals surface area contributed by atoms with Gasteiger partial charge in [-0.2, -0.15) is 0 Å². The molecule has 2 N–H and O–H groups in total. The summed E-state index contributed by atoms with van der Waals surface area (Å²) in [5.74, 6) is 0.727. The standard InChI is InChI=1S/C22H22N2O4/c1-28-20-12-10-17(11-13-20)22(25)15-21(16-6-3-2-4-7-16)23-18-8-5-9-19(14-18)24(26)27/h2-14,21-23,25H,15H2,1H3. The Hall–Kier alpha value is -3.38. The van der Waals surface area contributed by atoms with Crippen molar-refractivity contribution < 1.29 is 14.8 Å². The van der Waals surface area contributed by atoms with E-state index >= 15 is 0 Å². The Morgan fingerprint density at radius 3 is 2.36 bits per heavy atom. The highest BCUT2D eigenvalue weighted by Crippen LogP contribution is 2.31. The Bertz CT molecular complexity index is 913. The van der Waals surface area contributed by atoms with Crippen molar-refractivity contribution in [3.63, 3.8) is 0 Å². The van der Waals surface area contributed by atoms with Gasteiger partial charge in [-0.1, -0.05) is 48.5 Å². The predicted molar refractivity (Wildman–Crippen MR) is 108 cm³/mol. The molecule has 0 fully saturated rings. The first kappa shape index (κ1) is 19.4. The smallest absolute Gasteiger partial charge is 0.271 e. The van der Waals surface area contributed by atoms with E-state index in [2.05, 4.69) is 5.32 Å². The molecule has 3 rings (SSSR count). The molecule has 0 aliphatic carbocycles. The largest absolute Gasteiger partial charge is 0.497 e. The summed E-state index contributed by atoms with van der Waals surface area (Å²) in [6.45, 7) is 0. The van der Waals surface area contributed by atoms with Crippen LogP contribution in [0.2, 0.25) is 0 Å². The van der Waals surface area contributed by atoms with Crippen molar-refractivity contribution >= 4 is 11.4 Å².